The van der Waals surface area contributed by atoms with Crippen molar-refractivity contribution in [2.24, 2.45) is 16.7 Å². The second kappa shape index (κ2) is 21.0. The van der Waals surface area contributed by atoms with Crippen molar-refractivity contribution in [2.75, 3.05) is 0 Å². The van der Waals surface area contributed by atoms with Crippen molar-refractivity contribution < 1.29 is 57.2 Å². The molecule has 3 aromatic rings. The van der Waals surface area contributed by atoms with Crippen molar-refractivity contribution in [3.63, 3.8) is 0 Å². The Hall–Kier alpha value is -4.26. The van der Waals surface area contributed by atoms with Crippen molar-refractivity contribution in [1.29, 1.82) is 0 Å². The summed E-state index contributed by atoms with van der Waals surface area (Å²) < 4.78 is 34.2. The molecule has 2 saturated carbocycles. The summed E-state index contributed by atoms with van der Waals surface area (Å²) in [4.78, 5) is 74.1. The summed E-state index contributed by atoms with van der Waals surface area (Å²) in [5.41, 5.74) is -5.41. The number of nitrogens with one attached hydrogen (secondary N) is 1. The first kappa shape index (κ1) is 56.5. The van der Waals surface area contributed by atoms with Crippen molar-refractivity contribution in [2.45, 2.75) is 183 Å². The number of carbonyl (C=O) groups is 5. The van der Waals surface area contributed by atoms with E-state index in [1.165, 1.54) is 6.92 Å². The predicted molar refractivity (Wildman–Crippen MR) is 285 cm³/mol. The summed E-state index contributed by atoms with van der Waals surface area (Å²) in [6.45, 7) is 24.5. The molecule has 11 atom stereocenters. The molecular formula is C57H77NO12SeSi2. The van der Waals surface area contributed by atoms with Gasteiger partial charge in [0.1, 0.15) is 0 Å². The van der Waals surface area contributed by atoms with Gasteiger partial charge in [-0.15, -0.1) is 0 Å². The minimum absolute atomic E-state index is 0.0873. The third-order valence-corrected chi connectivity index (χ3v) is 30.2. The summed E-state index contributed by atoms with van der Waals surface area (Å²) in [6, 6.07) is 27.3. The van der Waals surface area contributed by atoms with Crippen LogP contribution < -0.4 is 5.32 Å². The standard InChI is InChI=1S/C57H77NO12SeSi2/c1-14-73(15-2,16-3)69-41-32-42-56(64,34-71-42)47-49(68-51(62)39-30-24-19-25-31-39)57(65)33-40(35(4)43(54(57,9)10)45(66-36(5)59)48(60)55(41,47)11)67-52(63)46(70-72(12,13)53(6,7)8)44(37-26-20-17-21-27-37)58-50(61)38-28-22-18-23-29-38/h17-31,40-42,44-47,49,64-65H,14-16,32-34H2,1-13H3,(H,58,61)/t40-,41-,42+,44-,45+,46+,47-,49-,55+,56-,57+/m0/s1. The van der Waals surface area contributed by atoms with Gasteiger partial charge in [-0.1, -0.05) is 69.3 Å². The monoisotopic (exact) mass is 1100 g/mol. The second-order valence-corrected chi connectivity index (χ2v) is 35.0. The molecule has 3 aromatic carbocycles. The van der Waals surface area contributed by atoms with Gasteiger partial charge in [0.05, 0.1) is 0 Å². The number of ketones is 1. The topological polar surface area (TPSA) is 184 Å². The molecule has 73 heavy (non-hydrogen) atoms. The molecule has 3 N–H and O–H groups in total. The fourth-order valence-corrected chi connectivity index (χ4v) is 18.9. The molecule has 1 amide bonds. The number of hydrogen-bond donors (Lipinski definition) is 3. The average Bonchev–Trinajstić information content (AvgIpc) is 3.35. The van der Waals surface area contributed by atoms with Crippen LogP contribution in [0.1, 0.15) is 121 Å². The molecule has 3 aliphatic carbocycles. The van der Waals surface area contributed by atoms with Crippen molar-refractivity contribution >= 4 is 61.2 Å². The molecule has 13 nitrogen and oxygen atoms in total. The Balaban J connectivity index is 1.46. The molecular weight excluding hydrogens is 1030 g/mol. The summed E-state index contributed by atoms with van der Waals surface area (Å²) in [7, 11) is -5.43. The van der Waals surface area contributed by atoms with Crippen LogP contribution in [0.3, 0.4) is 0 Å². The number of amides is 1. The maximum atomic E-state index is 16.4. The number of aliphatic hydroxyl groups is 2. The molecule has 2 bridgehead atoms. The molecule has 7 rings (SSSR count). The minimum atomic E-state index is -2.90. The van der Waals surface area contributed by atoms with Gasteiger partial charge in [0.25, 0.3) is 5.91 Å². The van der Waals surface area contributed by atoms with Crippen LogP contribution in [0, 0.1) is 16.7 Å². The number of esters is 3. The molecule has 0 aromatic heterocycles. The predicted octanol–water partition coefficient (Wildman–Crippen LogP) is 9.75. The van der Waals surface area contributed by atoms with Crippen molar-refractivity contribution in [3.05, 3.63) is 119 Å². The number of carbonyl (C=O) groups excluding carboxylic acids is 5. The molecule has 0 radical (unpaired) electrons. The Labute approximate surface area is 440 Å². The molecule has 396 valence electrons. The van der Waals surface area contributed by atoms with E-state index in [0.29, 0.717) is 28.4 Å². The van der Waals surface area contributed by atoms with Crippen LogP contribution in [0.5, 0.6) is 0 Å². The summed E-state index contributed by atoms with van der Waals surface area (Å²) >= 11 is -0.0873. The fourth-order valence-electron chi connectivity index (χ4n) is 11.8. The number of fused-ring (bicyclic) bond motifs is 5. The van der Waals surface area contributed by atoms with E-state index in [1.54, 1.807) is 113 Å². The van der Waals surface area contributed by atoms with Crippen LogP contribution in [0.4, 0.5) is 0 Å². The summed E-state index contributed by atoms with van der Waals surface area (Å²) in [5, 5.41) is 30.6. The van der Waals surface area contributed by atoms with E-state index in [2.05, 4.69) is 26.1 Å². The van der Waals surface area contributed by atoms with Gasteiger partial charge in [-0.2, -0.15) is 0 Å². The van der Waals surface area contributed by atoms with Gasteiger partial charge in [-0.25, -0.2) is 0 Å². The number of benzene rings is 3. The van der Waals surface area contributed by atoms with E-state index in [1.807, 2.05) is 39.9 Å². The van der Waals surface area contributed by atoms with Crippen LogP contribution in [0.15, 0.2) is 102 Å². The molecule has 0 spiro atoms. The molecule has 16 heteroatoms. The van der Waals surface area contributed by atoms with E-state index >= 15 is 9.59 Å². The second-order valence-electron chi connectivity index (χ2n) is 23.0. The molecule has 0 unspecified atom stereocenters. The number of Topliss-reactive ketones (excluding diaryl/α,β-unsaturated/α-hetero) is 1. The van der Waals surface area contributed by atoms with Gasteiger partial charge in [0.15, 0.2) is 0 Å². The van der Waals surface area contributed by atoms with Gasteiger partial charge in [-0.05, 0) is 30.3 Å². The van der Waals surface area contributed by atoms with Crippen LogP contribution >= 0.6 is 0 Å². The first-order valence-corrected chi connectivity index (χ1v) is 33.5. The quantitative estimate of drug-likeness (QED) is 0.0535. The zero-order valence-corrected chi connectivity index (χ0v) is 48.6. The maximum absolute atomic E-state index is 16.4. The van der Waals surface area contributed by atoms with E-state index in [9.17, 15) is 24.6 Å². The third-order valence-electron chi connectivity index (χ3n) is 17.7. The average molecular weight is 1100 g/mol. The Bertz CT molecular complexity index is 2560. The van der Waals surface area contributed by atoms with Crippen molar-refractivity contribution in [3.8, 4) is 0 Å². The number of rotatable bonds is 16. The Kier molecular flexibility index (Phi) is 16.3. The molecule has 1 aliphatic heterocycles. The first-order valence-electron chi connectivity index (χ1n) is 25.9. The molecule has 1 saturated heterocycles. The van der Waals surface area contributed by atoms with Gasteiger partial charge in [0.2, 0.25) is 0 Å². The van der Waals surface area contributed by atoms with Crippen LogP contribution in [0.25, 0.3) is 0 Å². The number of hydrogen-bond acceptors (Lipinski definition) is 12. The van der Waals surface area contributed by atoms with E-state index in [-0.39, 0.29) is 37.3 Å². The van der Waals surface area contributed by atoms with E-state index in [4.69, 9.17) is 23.1 Å². The molecule has 3 fully saturated rings. The normalized spacial score (nSPS) is 29.7. The third kappa shape index (κ3) is 10.2. The van der Waals surface area contributed by atoms with Gasteiger partial charge < -0.3 is 0 Å². The van der Waals surface area contributed by atoms with E-state index < -0.39 is 116 Å². The SMILES string of the molecule is CC[Si](CC)(CC)O[C@H]1C[C@H]2[Se]C[C@@]2(O)[C@H]2[C@H](OC(=O)c3ccccc3)[C@]3(O)C[C@H](OC(=O)[C@H](O[Si](C)(C)C(C)(C)C)[C@@H](NC(=O)c4ccccc4)c4ccccc4)C(C)=C([C@@H](OC(C)=O)C(=O)[C@]12C)C3(C)C. The Morgan fingerprint density at radius 1 is 0.822 bits per heavy atom. The van der Waals surface area contributed by atoms with Gasteiger partial charge in [-0.3, -0.25) is 4.79 Å². The van der Waals surface area contributed by atoms with Gasteiger partial charge in [0, 0.05) is 5.56 Å². The number of ether oxygens (including phenoxy) is 3. The zero-order chi connectivity index (χ0) is 53.7. The summed E-state index contributed by atoms with van der Waals surface area (Å²) in [5.74, 6) is -4.68. The van der Waals surface area contributed by atoms with Crippen LogP contribution in [-0.2, 0) is 37.4 Å². The van der Waals surface area contributed by atoms with Gasteiger partial charge >= 0.3 is 327 Å². The first-order chi connectivity index (χ1) is 34.2. The fraction of sp³-hybridized carbons (Fsp3) is 0.561. The summed E-state index contributed by atoms with van der Waals surface area (Å²) in [6.07, 6.45) is -6.84. The Morgan fingerprint density at radius 2 is 1.37 bits per heavy atom. The van der Waals surface area contributed by atoms with Crippen LogP contribution in [0.2, 0.25) is 46.4 Å². The zero-order valence-electron chi connectivity index (χ0n) is 44.9. The van der Waals surface area contributed by atoms with E-state index in [0.717, 1.165) is 18.1 Å². The van der Waals surface area contributed by atoms with Crippen molar-refractivity contribution in [1.82, 2.24) is 5.32 Å². The van der Waals surface area contributed by atoms with Crippen LogP contribution in [-0.4, -0.2) is 113 Å². The molecule has 1 heterocycles. The Morgan fingerprint density at radius 3 is 1.88 bits per heavy atom. The molecule has 4 aliphatic rings.